The van der Waals surface area contributed by atoms with Gasteiger partial charge in [-0.2, -0.15) is 0 Å². The molecule has 2 nitrogen and oxygen atoms in total. The Balaban J connectivity index is 3.11. The van der Waals surface area contributed by atoms with Crippen LogP contribution in [-0.4, -0.2) is 6.61 Å². The lowest BCUT2D eigenvalue weighted by Gasteiger charge is -2.11. The van der Waals surface area contributed by atoms with E-state index < -0.39 is 0 Å². The molecule has 1 rings (SSSR count). The topological polar surface area (TPSA) is 35.2 Å². The molecule has 78 valence electrons. The molecule has 0 heterocycles. The maximum atomic E-state index is 13.2. The van der Waals surface area contributed by atoms with Gasteiger partial charge in [0.05, 0.1) is 11.6 Å². The van der Waals surface area contributed by atoms with Gasteiger partial charge in [-0.15, -0.1) is 0 Å². The zero-order valence-corrected chi connectivity index (χ0v) is 8.99. The fourth-order valence-corrected chi connectivity index (χ4v) is 1.66. The summed E-state index contributed by atoms with van der Waals surface area (Å²) < 4.78 is 13.2. The van der Waals surface area contributed by atoms with Gasteiger partial charge in [-0.3, -0.25) is 0 Å². The number of halogens is 2. The first-order valence-electron chi connectivity index (χ1n) is 4.33. The van der Waals surface area contributed by atoms with Crippen molar-refractivity contribution in [1.82, 2.24) is 0 Å². The third kappa shape index (κ3) is 2.23. The van der Waals surface area contributed by atoms with Crippen LogP contribution in [0.3, 0.4) is 0 Å². The third-order valence-electron chi connectivity index (χ3n) is 2.33. The lowest BCUT2D eigenvalue weighted by Crippen LogP contribution is -2.06. The first kappa shape index (κ1) is 11.4. The fourth-order valence-electron chi connectivity index (χ4n) is 1.37. The van der Waals surface area contributed by atoms with E-state index in [2.05, 4.69) is 4.84 Å². The Hall–Kier alpha value is -0.640. The molecule has 0 fully saturated rings. The van der Waals surface area contributed by atoms with Gasteiger partial charge in [-0.05, 0) is 43.0 Å². The number of benzene rings is 1. The number of aryl methyl sites for hydroxylation is 1. The van der Waals surface area contributed by atoms with E-state index in [1.165, 1.54) is 6.07 Å². The fraction of sp³-hybridized carbons (Fsp3) is 0.400. The minimum atomic E-state index is -0.387. The second kappa shape index (κ2) is 4.73. The SMILES string of the molecule is Cc1cc(F)c(Cl)c(CCON)c1C. The Kier molecular flexibility index (Phi) is 3.86. The average molecular weight is 218 g/mol. The van der Waals surface area contributed by atoms with Gasteiger partial charge < -0.3 is 4.84 Å². The highest BCUT2D eigenvalue weighted by Crippen LogP contribution is 2.26. The summed E-state index contributed by atoms with van der Waals surface area (Å²) in [5.41, 5.74) is 2.65. The second-order valence-electron chi connectivity index (χ2n) is 3.21. The van der Waals surface area contributed by atoms with E-state index in [0.29, 0.717) is 13.0 Å². The van der Waals surface area contributed by atoms with Crippen molar-refractivity contribution in [2.45, 2.75) is 20.3 Å². The minimum Gasteiger partial charge on any atom is -0.304 e. The molecule has 0 atom stereocenters. The Labute approximate surface area is 87.8 Å². The summed E-state index contributed by atoms with van der Waals surface area (Å²) >= 11 is 5.83. The molecule has 0 unspecified atom stereocenters. The zero-order valence-electron chi connectivity index (χ0n) is 8.23. The molecule has 0 saturated heterocycles. The van der Waals surface area contributed by atoms with Gasteiger partial charge in [0, 0.05) is 0 Å². The van der Waals surface area contributed by atoms with Gasteiger partial charge in [-0.1, -0.05) is 11.6 Å². The molecule has 1 aromatic carbocycles. The van der Waals surface area contributed by atoms with E-state index in [1.807, 2.05) is 13.8 Å². The first-order valence-corrected chi connectivity index (χ1v) is 4.71. The normalized spacial score (nSPS) is 10.6. The van der Waals surface area contributed by atoms with E-state index in [-0.39, 0.29) is 10.8 Å². The predicted molar refractivity (Wildman–Crippen MR) is 54.7 cm³/mol. The maximum Gasteiger partial charge on any atom is 0.142 e. The third-order valence-corrected chi connectivity index (χ3v) is 2.74. The summed E-state index contributed by atoms with van der Waals surface area (Å²) in [5.74, 6) is 4.53. The summed E-state index contributed by atoms with van der Waals surface area (Å²) in [4.78, 5) is 4.45. The molecular weight excluding hydrogens is 205 g/mol. The molecule has 2 N–H and O–H groups in total. The van der Waals surface area contributed by atoms with Gasteiger partial charge in [0.2, 0.25) is 0 Å². The highest BCUT2D eigenvalue weighted by atomic mass is 35.5. The number of nitrogens with two attached hydrogens (primary N) is 1. The molecule has 0 spiro atoms. The smallest absolute Gasteiger partial charge is 0.142 e. The highest BCUT2D eigenvalue weighted by molar-refractivity contribution is 6.31. The van der Waals surface area contributed by atoms with E-state index in [1.54, 1.807) is 0 Å². The van der Waals surface area contributed by atoms with Gasteiger partial charge in [-0.25, -0.2) is 10.3 Å². The molecule has 0 aliphatic heterocycles. The number of hydrogen-bond acceptors (Lipinski definition) is 2. The van der Waals surface area contributed by atoms with Gasteiger partial charge >= 0.3 is 0 Å². The molecule has 4 heteroatoms. The molecule has 0 aliphatic rings. The van der Waals surface area contributed by atoms with Crippen molar-refractivity contribution in [3.8, 4) is 0 Å². The van der Waals surface area contributed by atoms with Crippen LogP contribution in [0.15, 0.2) is 6.07 Å². The van der Waals surface area contributed by atoms with Crippen LogP contribution in [-0.2, 0) is 11.3 Å². The van der Waals surface area contributed by atoms with Crippen molar-refractivity contribution < 1.29 is 9.23 Å². The van der Waals surface area contributed by atoms with Gasteiger partial charge in [0.25, 0.3) is 0 Å². The summed E-state index contributed by atoms with van der Waals surface area (Å²) in [7, 11) is 0. The number of rotatable bonds is 3. The van der Waals surface area contributed by atoms with Crippen molar-refractivity contribution in [1.29, 1.82) is 0 Å². The maximum absolute atomic E-state index is 13.2. The number of hydrogen-bond donors (Lipinski definition) is 1. The molecular formula is C10H13ClFNO. The molecule has 0 saturated carbocycles. The monoisotopic (exact) mass is 217 g/mol. The van der Waals surface area contributed by atoms with Crippen LogP contribution in [0.4, 0.5) is 4.39 Å². The van der Waals surface area contributed by atoms with Crippen LogP contribution in [0.1, 0.15) is 16.7 Å². The first-order chi connectivity index (χ1) is 6.57. The molecule has 0 radical (unpaired) electrons. The van der Waals surface area contributed by atoms with Crippen molar-refractivity contribution in [2.75, 3.05) is 6.61 Å². The molecule has 0 amide bonds. The van der Waals surface area contributed by atoms with E-state index >= 15 is 0 Å². The van der Waals surface area contributed by atoms with Gasteiger partial charge in [0.1, 0.15) is 5.82 Å². The highest BCUT2D eigenvalue weighted by Gasteiger charge is 2.11. The minimum absolute atomic E-state index is 0.171. The molecule has 0 aliphatic carbocycles. The van der Waals surface area contributed by atoms with Crippen LogP contribution < -0.4 is 5.90 Å². The zero-order chi connectivity index (χ0) is 10.7. The Morgan fingerprint density at radius 2 is 2.14 bits per heavy atom. The summed E-state index contributed by atoms with van der Waals surface area (Å²) in [6.45, 7) is 4.09. The summed E-state index contributed by atoms with van der Waals surface area (Å²) in [6, 6.07) is 1.43. The molecule has 0 aromatic heterocycles. The summed E-state index contributed by atoms with van der Waals surface area (Å²) in [6.07, 6.45) is 0.528. The Morgan fingerprint density at radius 1 is 1.50 bits per heavy atom. The Morgan fingerprint density at radius 3 is 2.71 bits per heavy atom. The van der Waals surface area contributed by atoms with Crippen LogP contribution in [0, 0.1) is 19.7 Å². The lowest BCUT2D eigenvalue weighted by atomic mass is 10.0. The molecule has 1 aromatic rings. The molecule has 0 bridgehead atoms. The van der Waals surface area contributed by atoms with Crippen LogP contribution in [0.25, 0.3) is 0 Å². The van der Waals surface area contributed by atoms with Crippen molar-refractivity contribution in [3.63, 3.8) is 0 Å². The van der Waals surface area contributed by atoms with Crippen LogP contribution in [0.5, 0.6) is 0 Å². The summed E-state index contributed by atoms with van der Waals surface area (Å²) in [5, 5.41) is 0.171. The quantitative estimate of drug-likeness (QED) is 0.790. The predicted octanol–water partition coefficient (Wildman–Crippen LogP) is 2.53. The largest absolute Gasteiger partial charge is 0.304 e. The lowest BCUT2D eigenvalue weighted by molar-refractivity contribution is 0.141. The van der Waals surface area contributed by atoms with Gasteiger partial charge in [0.15, 0.2) is 0 Å². The van der Waals surface area contributed by atoms with Crippen molar-refractivity contribution in [3.05, 3.63) is 33.6 Å². The standard InChI is InChI=1S/C10H13ClFNO/c1-6-5-9(12)10(11)8(7(6)2)3-4-14-13/h5H,3-4,13H2,1-2H3. The second-order valence-corrected chi connectivity index (χ2v) is 3.59. The average Bonchev–Trinajstić information content (AvgIpc) is 2.15. The van der Waals surface area contributed by atoms with E-state index in [4.69, 9.17) is 17.5 Å². The van der Waals surface area contributed by atoms with Crippen LogP contribution in [0.2, 0.25) is 5.02 Å². The molecule has 14 heavy (non-hydrogen) atoms. The van der Waals surface area contributed by atoms with E-state index in [9.17, 15) is 4.39 Å². The van der Waals surface area contributed by atoms with Crippen molar-refractivity contribution >= 4 is 11.6 Å². The van der Waals surface area contributed by atoms with E-state index in [0.717, 1.165) is 16.7 Å². The van der Waals surface area contributed by atoms with Crippen LogP contribution >= 0.6 is 11.6 Å². The Bertz CT molecular complexity index is 315. The van der Waals surface area contributed by atoms with Crippen molar-refractivity contribution in [2.24, 2.45) is 5.90 Å².